The number of sulfonamides is 2. The summed E-state index contributed by atoms with van der Waals surface area (Å²) >= 11 is 1.09. The standard InChI is InChI=1S/C17H21N3O6S3/c21-17(18-6-12-28(22,23)20-7-9-26-10-8-20)14-3-1-4-15(13-14)19-29(24,25)16-5-2-11-27-16/h1-5,11,13,19H,6-10,12H2,(H,18,21). The van der Waals surface area contributed by atoms with Crippen LogP contribution in [0.5, 0.6) is 0 Å². The van der Waals surface area contributed by atoms with Gasteiger partial charge < -0.3 is 10.1 Å². The summed E-state index contributed by atoms with van der Waals surface area (Å²) in [6.07, 6.45) is 0. The van der Waals surface area contributed by atoms with Crippen molar-refractivity contribution >= 4 is 43.0 Å². The highest BCUT2D eigenvalue weighted by Gasteiger charge is 2.24. The third-order valence-corrected chi connectivity index (χ3v) is 8.80. The number of carbonyl (C=O) groups is 1. The first-order chi connectivity index (χ1) is 13.8. The van der Waals surface area contributed by atoms with E-state index in [2.05, 4.69) is 10.0 Å². The van der Waals surface area contributed by atoms with Crippen LogP contribution in [-0.4, -0.2) is 65.6 Å². The van der Waals surface area contributed by atoms with E-state index in [1.807, 2.05) is 0 Å². The van der Waals surface area contributed by atoms with E-state index in [4.69, 9.17) is 4.74 Å². The second kappa shape index (κ2) is 9.22. The fourth-order valence-corrected chi connectivity index (χ4v) is 6.06. The van der Waals surface area contributed by atoms with Gasteiger partial charge in [0, 0.05) is 30.9 Å². The topological polar surface area (TPSA) is 122 Å². The zero-order chi connectivity index (χ0) is 20.9. The highest BCUT2D eigenvalue weighted by Crippen LogP contribution is 2.20. The Balaban J connectivity index is 1.58. The molecule has 1 aromatic heterocycles. The summed E-state index contributed by atoms with van der Waals surface area (Å²) in [5.74, 6) is -0.706. The van der Waals surface area contributed by atoms with Gasteiger partial charge in [0.25, 0.3) is 15.9 Å². The van der Waals surface area contributed by atoms with Crippen molar-refractivity contribution in [1.29, 1.82) is 0 Å². The van der Waals surface area contributed by atoms with Gasteiger partial charge in [-0.1, -0.05) is 12.1 Å². The van der Waals surface area contributed by atoms with Crippen LogP contribution >= 0.6 is 11.3 Å². The number of amides is 1. The van der Waals surface area contributed by atoms with E-state index in [1.54, 1.807) is 17.5 Å². The van der Waals surface area contributed by atoms with E-state index in [0.717, 1.165) is 11.3 Å². The van der Waals surface area contributed by atoms with Gasteiger partial charge in [0.05, 0.1) is 19.0 Å². The fraction of sp³-hybridized carbons (Fsp3) is 0.353. The van der Waals surface area contributed by atoms with Crippen molar-refractivity contribution in [3.63, 3.8) is 0 Å². The molecule has 158 valence electrons. The van der Waals surface area contributed by atoms with Crippen LogP contribution in [-0.2, 0) is 24.8 Å². The maximum atomic E-state index is 12.3. The molecule has 0 bridgehead atoms. The van der Waals surface area contributed by atoms with Gasteiger partial charge in [0.1, 0.15) is 4.21 Å². The Morgan fingerprint density at radius 1 is 1.10 bits per heavy atom. The van der Waals surface area contributed by atoms with Crippen LogP contribution in [0.25, 0.3) is 0 Å². The largest absolute Gasteiger partial charge is 0.379 e. The predicted molar refractivity (Wildman–Crippen MR) is 110 cm³/mol. The minimum absolute atomic E-state index is 0.0519. The smallest absolute Gasteiger partial charge is 0.271 e. The minimum Gasteiger partial charge on any atom is -0.379 e. The Morgan fingerprint density at radius 2 is 1.86 bits per heavy atom. The molecule has 1 amide bonds. The number of hydrogen-bond acceptors (Lipinski definition) is 7. The number of morpholine rings is 1. The lowest BCUT2D eigenvalue weighted by atomic mass is 10.2. The molecule has 12 heteroatoms. The first-order valence-electron chi connectivity index (χ1n) is 8.78. The van der Waals surface area contributed by atoms with Crippen molar-refractivity contribution in [2.24, 2.45) is 0 Å². The zero-order valence-corrected chi connectivity index (χ0v) is 17.9. The predicted octanol–water partition coefficient (Wildman–Crippen LogP) is 0.941. The highest BCUT2D eigenvalue weighted by atomic mass is 32.2. The molecule has 0 spiro atoms. The number of benzene rings is 1. The van der Waals surface area contributed by atoms with Crippen LogP contribution in [0.4, 0.5) is 5.69 Å². The van der Waals surface area contributed by atoms with Crippen LogP contribution in [0, 0.1) is 0 Å². The number of nitrogens with zero attached hydrogens (tertiary/aromatic N) is 1. The van der Waals surface area contributed by atoms with Crippen molar-refractivity contribution in [3.05, 3.63) is 47.3 Å². The average Bonchev–Trinajstić information content (AvgIpc) is 3.24. The Hall–Kier alpha value is -1.99. The number of anilines is 1. The third kappa shape index (κ3) is 5.76. The van der Waals surface area contributed by atoms with Gasteiger partial charge in [-0.25, -0.2) is 16.8 Å². The molecule has 29 heavy (non-hydrogen) atoms. The van der Waals surface area contributed by atoms with Gasteiger partial charge in [0.15, 0.2) is 0 Å². The van der Waals surface area contributed by atoms with Crippen LogP contribution in [0.3, 0.4) is 0 Å². The van der Waals surface area contributed by atoms with Crippen molar-refractivity contribution in [3.8, 4) is 0 Å². The Kier molecular flexibility index (Phi) is 6.90. The average molecular weight is 460 g/mol. The Morgan fingerprint density at radius 3 is 2.55 bits per heavy atom. The maximum Gasteiger partial charge on any atom is 0.271 e. The Labute approximate surface area is 173 Å². The molecule has 0 radical (unpaired) electrons. The molecule has 1 aliphatic heterocycles. The molecule has 0 unspecified atom stereocenters. The summed E-state index contributed by atoms with van der Waals surface area (Å²) < 4.78 is 58.2. The van der Waals surface area contributed by atoms with Gasteiger partial charge in [-0.2, -0.15) is 4.31 Å². The maximum absolute atomic E-state index is 12.3. The molecule has 0 atom stereocenters. The van der Waals surface area contributed by atoms with Gasteiger partial charge in [-0.3, -0.25) is 9.52 Å². The molecule has 3 rings (SSSR count). The molecule has 0 aliphatic carbocycles. The van der Waals surface area contributed by atoms with Crippen molar-refractivity contribution in [2.75, 3.05) is 43.3 Å². The van der Waals surface area contributed by atoms with E-state index in [9.17, 15) is 21.6 Å². The number of rotatable bonds is 8. The van der Waals surface area contributed by atoms with Gasteiger partial charge in [-0.15, -0.1) is 11.3 Å². The van der Waals surface area contributed by atoms with Crippen LogP contribution in [0.15, 0.2) is 46.0 Å². The molecule has 9 nitrogen and oxygen atoms in total. The SMILES string of the molecule is O=C(NCCS(=O)(=O)N1CCOCC1)c1cccc(NS(=O)(=O)c2cccs2)c1. The fourth-order valence-electron chi connectivity index (χ4n) is 2.70. The number of thiophene rings is 1. The summed E-state index contributed by atoms with van der Waals surface area (Å²) in [4.78, 5) is 12.3. The molecule has 1 saturated heterocycles. The molecule has 1 fully saturated rings. The van der Waals surface area contributed by atoms with E-state index in [-0.39, 0.29) is 27.8 Å². The second-order valence-corrected chi connectivity index (χ2v) is 11.1. The van der Waals surface area contributed by atoms with Crippen LogP contribution in [0.2, 0.25) is 0 Å². The van der Waals surface area contributed by atoms with Gasteiger partial charge in [0.2, 0.25) is 10.0 Å². The van der Waals surface area contributed by atoms with Crippen molar-refractivity contribution < 1.29 is 26.4 Å². The number of nitrogens with one attached hydrogen (secondary N) is 2. The minimum atomic E-state index is -3.72. The first-order valence-corrected chi connectivity index (χ1v) is 12.8. The van der Waals surface area contributed by atoms with Crippen LogP contribution < -0.4 is 10.0 Å². The van der Waals surface area contributed by atoms with E-state index in [1.165, 1.54) is 28.6 Å². The lowest BCUT2D eigenvalue weighted by Gasteiger charge is -2.26. The van der Waals surface area contributed by atoms with Crippen molar-refractivity contribution in [1.82, 2.24) is 9.62 Å². The summed E-state index contributed by atoms with van der Waals surface area (Å²) in [6, 6.07) is 9.12. The monoisotopic (exact) mass is 459 g/mol. The number of carbonyl (C=O) groups excluding carboxylic acids is 1. The third-order valence-electron chi connectivity index (χ3n) is 4.15. The molecule has 2 aromatic rings. The highest BCUT2D eigenvalue weighted by molar-refractivity contribution is 7.94. The summed E-state index contributed by atoms with van der Waals surface area (Å²) in [5.41, 5.74) is 0.465. The van der Waals surface area contributed by atoms with E-state index < -0.39 is 26.0 Å². The molecule has 0 saturated carbocycles. The van der Waals surface area contributed by atoms with Crippen molar-refractivity contribution in [2.45, 2.75) is 4.21 Å². The second-order valence-electron chi connectivity index (χ2n) is 6.20. The quantitative estimate of drug-likeness (QED) is 0.606. The zero-order valence-electron chi connectivity index (χ0n) is 15.4. The lowest BCUT2D eigenvalue weighted by Crippen LogP contribution is -2.43. The summed E-state index contributed by atoms with van der Waals surface area (Å²) in [6.45, 7) is 1.29. The summed E-state index contributed by atoms with van der Waals surface area (Å²) in [5, 5.41) is 4.22. The molecular formula is C17H21N3O6S3. The molecule has 1 aliphatic rings. The Bertz CT molecular complexity index is 1050. The molecule has 2 heterocycles. The van der Waals surface area contributed by atoms with Crippen LogP contribution in [0.1, 0.15) is 10.4 Å². The molecular weight excluding hydrogens is 438 g/mol. The van der Waals surface area contributed by atoms with Gasteiger partial charge >= 0.3 is 0 Å². The molecule has 1 aromatic carbocycles. The van der Waals surface area contributed by atoms with E-state index in [0.29, 0.717) is 26.3 Å². The van der Waals surface area contributed by atoms with Gasteiger partial charge in [-0.05, 0) is 29.6 Å². The first kappa shape index (κ1) is 21.7. The molecule has 2 N–H and O–H groups in total. The normalized spacial score (nSPS) is 15.7. The lowest BCUT2D eigenvalue weighted by molar-refractivity contribution is 0.0730. The van der Waals surface area contributed by atoms with E-state index >= 15 is 0 Å². The number of ether oxygens (including phenoxy) is 1. The number of hydrogen-bond donors (Lipinski definition) is 2. The summed E-state index contributed by atoms with van der Waals surface area (Å²) in [7, 11) is -7.19.